The third kappa shape index (κ3) is 3.23. The zero-order valence-electron chi connectivity index (χ0n) is 13.2. The van der Waals surface area contributed by atoms with Crippen LogP contribution in [0.3, 0.4) is 0 Å². The molecule has 1 heterocycles. The Balaban J connectivity index is 1.87. The first kappa shape index (κ1) is 16.0. The molecular weight excluding hydrogens is 326 g/mol. The Labute approximate surface area is 142 Å². The number of nitrogens with zero attached hydrogens (tertiary/aromatic N) is 5. The molecule has 0 saturated carbocycles. The average Bonchev–Trinajstić information content (AvgIpc) is 3.02. The number of non-ortho nitro benzene ring substituents is 1. The van der Waals surface area contributed by atoms with Crippen LogP contribution in [0.2, 0.25) is 0 Å². The van der Waals surface area contributed by atoms with Crippen molar-refractivity contribution in [2.45, 2.75) is 6.92 Å². The van der Waals surface area contributed by atoms with Crippen LogP contribution in [0.25, 0.3) is 10.9 Å². The second kappa shape index (κ2) is 6.71. The minimum Gasteiger partial charge on any atom is -0.375 e. The van der Waals surface area contributed by atoms with Crippen LogP contribution >= 0.6 is 11.5 Å². The van der Waals surface area contributed by atoms with Crippen LogP contribution < -0.4 is 4.90 Å². The van der Waals surface area contributed by atoms with Crippen molar-refractivity contribution in [1.82, 2.24) is 4.37 Å². The molecule has 0 saturated heterocycles. The number of nitro benzene ring substituents is 1. The number of anilines is 1. The first-order valence-corrected chi connectivity index (χ1v) is 8.12. The third-order valence-electron chi connectivity index (χ3n) is 3.67. The molecule has 24 heavy (non-hydrogen) atoms. The van der Waals surface area contributed by atoms with Crippen LogP contribution in [0, 0.1) is 10.1 Å². The standard InChI is InChI=1S/C16H15N5O2S/c1-3-20(2)12-6-4-11(5-7-12)17-18-16-14-10-13(21(22)23)8-9-15(14)19-24-16/h4-10H,3H2,1-2H3. The lowest BCUT2D eigenvalue weighted by Gasteiger charge is -2.16. The van der Waals surface area contributed by atoms with Gasteiger partial charge in [0.2, 0.25) is 0 Å². The SMILES string of the molecule is CCN(C)c1ccc(N=Nc2snc3ccc([N+](=O)[O-])cc23)cc1. The van der Waals surface area contributed by atoms with Gasteiger partial charge in [-0.05, 0) is 48.8 Å². The van der Waals surface area contributed by atoms with Gasteiger partial charge in [0, 0.05) is 36.8 Å². The van der Waals surface area contributed by atoms with E-state index in [1.807, 2.05) is 31.3 Å². The fourth-order valence-electron chi connectivity index (χ4n) is 2.16. The third-order valence-corrected chi connectivity index (χ3v) is 4.44. The Hall–Kier alpha value is -2.87. The molecule has 0 aliphatic rings. The smallest absolute Gasteiger partial charge is 0.270 e. The number of aromatic nitrogens is 1. The Kier molecular flexibility index (Phi) is 4.48. The number of fused-ring (bicyclic) bond motifs is 1. The van der Waals surface area contributed by atoms with E-state index in [4.69, 9.17) is 0 Å². The van der Waals surface area contributed by atoms with Gasteiger partial charge in [0.15, 0.2) is 5.00 Å². The van der Waals surface area contributed by atoms with Crippen molar-refractivity contribution in [2.24, 2.45) is 10.2 Å². The number of hydrogen-bond donors (Lipinski definition) is 0. The van der Waals surface area contributed by atoms with Crippen molar-refractivity contribution in [3.8, 4) is 0 Å². The summed E-state index contributed by atoms with van der Waals surface area (Å²) in [5.74, 6) is 0. The van der Waals surface area contributed by atoms with Crippen LogP contribution in [-0.4, -0.2) is 22.9 Å². The normalized spacial score (nSPS) is 11.2. The Morgan fingerprint density at radius 2 is 1.96 bits per heavy atom. The second-order valence-electron chi connectivity index (χ2n) is 5.18. The van der Waals surface area contributed by atoms with Gasteiger partial charge in [0.25, 0.3) is 5.69 Å². The van der Waals surface area contributed by atoms with Gasteiger partial charge >= 0.3 is 0 Å². The van der Waals surface area contributed by atoms with E-state index in [-0.39, 0.29) is 5.69 Å². The molecule has 3 rings (SSSR count). The molecule has 0 spiro atoms. The molecular formula is C16H15N5O2S. The van der Waals surface area contributed by atoms with Crippen LogP contribution in [-0.2, 0) is 0 Å². The van der Waals surface area contributed by atoms with Crippen molar-refractivity contribution in [1.29, 1.82) is 0 Å². The highest BCUT2D eigenvalue weighted by molar-refractivity contribution is 7.11. The molecule has 0 N–H and O–H groups in total. The summed E-state index contributed by atoms with van der Waals surface area (Å²) < 4.78 is 4.24. The summed E-state index contributed by atoms with van der Waals surface area (Å²) in [6.07, 6.45) is 0. The van der Waals surface area contributed by atoms with E-state index in [2.05, 4.69) is 26.4 Å². The van der Waals surface area contributed by atoms with Gasteiger partial charge in [0.05, 0.1) is 16.1 Å². The van der Waals surface area contributed by atoms with E-state index >= 15 is 0 Å². The molecule has 0 bridgehead atoms. The maximum atomic E-state index is 10.9. The van der Waals surface area contributed by atoms with E-state index in [0.717, 1.165) is 17.9 Å². The van der Waals surface area contributed by atoms with Crippen LogP contribution in [0.4, 0.5) is 22.1 Å². The van der Waals surface area contributed by atoms with Crippen LogP contribution in [0.5, 0.6) is 0 Å². The molecule has 0 atom stereocenters. The van der Waals surface area contributed by atoms with E-state index in [0.29, 0.717) is 15.9 Å². The highest BCUT2D eigenvalue weighted by atomic mass is 32.1. The molecule has 8 heteroatoms. The fourth-order valence-corrected chi connectivity index (χ4v) is 2.84. The number of rotatable bonds is 5. The molecule has 0 radical (unpaired) electrons. The summed E-state index contributed by atoms with van der Waals surface area (Å²) in [6, 6.07) is 12.3. The van der Waals surface area contributed by atoms with Gasteiger partial charge in [-0.2, -0.15) is 4.37 Å². The van der Waals surface area contributed by atoms with Crippen LogP contribution in [0.1, 0.15) is 6.92 Å². The van der Waals surface area contributed by atoms with E-state index < -0.39 is 4.92 Å². The summed E-state index contributed by atoms with van der Waals surface area (Å²) in [6.45, 7) is 3.01. The van der Waals surface area contributed by atoms with E-state index in [9.17, 15) is 10.1 Å². The zero-order chi connectivity index (χ0) is 17.1. The lowest BCUT2D eigenvalue weighted by Crippen LogP contribution is -2.15. The highest BCUT2D eigenvalue weighted by Crippen LogP contribution is 2.34. The molecule has 122 valence electrons. The molecule has 0 unspecified atom stereocenters. The number of hydrogen-bond acceptors (Lipinski definition) is 7. The molecule has 2 aromatic carbocycles. The quantitative estimate of drug-likeness (QED) is 0.368. The van der Waals surface area contributed by atoms with Crippen LogP contribution in [0.15, 0.2) is 52.7 Å². The number of azo groups is 1. The first-order chi connectivity index (χ1) is 11.6. The van der Waals surface area contributed by atoms with Crippen molar-refractivity contribution < 1.29 is 4.92 Å². The highest BCUT2D eigenvalue weighted by Gasteiger charge is 2.11. The molecule has 0 fully saturated rings. The van der Waals surface area contributed by atoms with Gasteiger partial charge in [-0.25, -0.2) is 0 Å². The lowest BCUT2D eigenvalue weighted by atomic mass is 10.2. The molecule has 7 nitrogen and oxygen atoms in total. The van der Waals surface area contributed by atoms with Gasteiger partial charge in [0.1, 0.15) is 0 Å². The topological polar surface area (TPSA) is 84.0 Å². The molecule has 0 aliphatic carbocycles. The maximum absolute atomic E-state index is 10.9. The summed E-state index contributed by atoms with van der Waals surface area (Å²) in [5.41, 5.74) is 2.52. The minimum atomic E-state index is -0.430. The van der Waals surface area contributed by atoms with Gasteiger partial charge in [-0.3, -0.25) is 10.1 Å². The predicted molar refractivity (Wildman–Crippen MR) is 95.8 cm³/mol. The average molecular weight is 341 g/mol. The van der Waals surface area contributed by atoms with Gasteiger partial charge in [-0.1, -0.05) is 0 Å². The number of benzene rings is 2. The van der Waals surface area contributed by atoms with E-state index in [1.165, 1.54) is 23.7 Å². The Morgan fingerprint density at radius 1 is 1.21 bits per heavy atom. The largest absolute Gasteiger partial charge is 0.375 e. The van der Waals surface area contributed by atoms with Crippen molar-refractivity contribution >= 4 is 44.5 Å². The molecule has 1 aromatic heterocycles. The Bertz CT molecular complexity index is 904. The Morgan fingerprint density at radius 3 is 2.62 bits per heavy atom. The summed E-state index contributed by atoms with van der Waals surface area (Å²) >= 11 is 1.17. The fraction of sp³-hybridized carbons (Fsp3) is 0.188. The van der Waals surface area contributed by atoms with Crippen molar-refractivity contribution in [2.75, 3.05) is 18.5 Å². The monoisotopic (exact) mass is 341 g/mol. The minimum absolute atomic E-state index is 0.0195. The van der Waals surface area contributed by atoms with Gasteiger partial charge < -0.3 is 4.90 Å². The summed E-state index contributed by atoms with van der Waals surface area (Å²) in [4.78, 5) is 12.6. The maximum Gasteiger partial charge on any atom is 0.270 e. The molecule has 3 aromatic rings. The van der Waals surface area contributed by atoms with E-state index in [1.54, 1.807) is 6.07 Å². The molecule has 0 amide bonds. The zero-order valence-corrected chi connectivity index (χ0v) is 14.0. The second-order valence-corrected chi connectivity index (χ2v) is 5.93. The first-order valence-electron chi connectivity index (χ1n) is 7.35. The lowest BCUT2D eigenvalue weighted by molar-refractivity contribution is -0.384. The summed E-state index contributed by atoms with van der Waals surface area (Å²) in [5, 5.41) is 20.5. The van der Waals surface area contributed by atoms with Gasteiger partial charge in [-0.15, -0.1) is 10.2 Å². The molecule has 0 aliphatic heterocycles. The van der Waals surface area contributed by atoms with Crippen molar-refractivity contribution in [3.05, 3.63) is 52.6 Å². The predicted octanol–water partition coefficient (Wildman–Crippen LogP) is 5.08. The van der Waals surface area contributed by atoms with Crippen molar-refractivity contribution in [3.63, 3.8) is 0 Å². The number of nitro groups is 1. The summed E-state index contributed by atoms with van der Waals surface area (Å²) in [7, 11) is 2.02.